The van der Waals surface area contributed by atoms with Crippen molar-refractivity contribution in [1.29, 1.82) is 0 Å². The average molecular weight is 360 g/mol. The third kappa shape index (κ3) is 4.85. The zero-order valence-electron chi connectivity index (χ0n) is 12.9. The summed E-state index contributed by atoms with van der Waals surface area (Å²) in [6.45, 7) is 0.238. The average Bonchev–Trinajstić information content (AvgIpc) is 2.91. The van der Waals surface area contributed by atoms with E-state index in [4.69, 9.17) is 4.74 Å². The standard InChI is InChI=1S/C15H15F3N2O3S/c1-9-12(13(19-2)24-20-9)14(21)22-7-10-4-3-5-11(6-10)23-8-15(16,17)18/h3-6,19H,7-8H2,1-2H3. The minimum Gasteiger partial charge on any atom is -0.484 e. The number of hydrogen-bond acceptors (Lipinski definition) is 6. The smallest absolute Gasteiger partial charge is 0.422 e. The van der Waals surface area contributed by atoms with Crippen LogP contribution in [0.5, 0.6) is 5.75 Å². The first kappa shape index (κ1) is 18.1. The van der Waals surface area contributed by atoms with Gasteiger partial charge in [0.25, 0.3) is 0 Å². The van der Waals surface area contributed by atoms with Crippen LogP contribution in [-0.2, 0) is 11.3 Å². The summed E-state index contributed by atoms with van der Waals surface area (Å²) in [4.78, 5) is 12.1. The largest absolute Gasteiger partial charge is 0.484 e. The quantitative estimate of drug-likeness (QED) is 0.794. The van der Waals surface area contributed by atoms with Gasteiger partial charge in [-0.15, -0.1) is 0 Å². The lowest BCUT2D eigenvalue weighted by Gasteiger charge is -2.10. The van der Waals surface area contributed by atoms with E-state index in [1.54, 1.807) is 20.0 Å². The summed E-state index contributed by atoms with van der Waals surface area (Å²) in [5, 5.41) is 3.46. The van der Waals surface area contributed by atoms with Gasteiger partial charge in [0, 0.05) is 7.05 Å². The molecule has 2 aromatic rings. The van der Waals surface area contributed by atoms with Gasteiger partial charge in [0.15, 0.2) is 6.61 Å². The van der Waals surface area contributed by atoms with Crippen molar-refractivity contribution < 1.29 is 27.4 Å². The second kappa shape index (κ2) is 7.52. The normalized spacial score (nSPS) is 11.2. The predicted octanol–water partition coefficient (Wildman–Crippen LogP) is 3.79. The highest BCUT2D eigenvalue weighted by Gasteiger charge is 2.28. The summed E-state index contributed by atoms with van der Waals surface area (Å²) in [6, 6.07) is 5.97. The van der Waals surface area contributed by atoms with Crippen molar-refractivity contribution in [1.82, 2.24) is 4.37 Å². The zero-order valence-corrected chi connectivity index (χ0v) is 13.8. The van der Waals surface area contributed by atoms with E-state index >= 15 is 0 Å². The number of carbonyl (C=O) groups is 1. The summed E-state index contributed by atoms with van der Waals surface area (Å²) in [6.07, 6.45) is -4.41. The van der Waals surface area contributed by atoms with Gasteiger partial charge < -0.3 is 14.8 Å². The SMILES string of the molecule is CNc1snc(C)c1C(=O)OCc1cccc(OCC(F)(F)F)c1. The molecule has 9 heteroatoms. The van der Waals surface area contributed by atoms with E-state index in [0.717, 1.165) is 11.5 Å². The predicted molar refractivity (Wildman–Crippen MR) is 83.5 cm³/mol. The van der Waals surface area contributed by atoms with Crippen molar-refractivity contribution in [3.05, 3.63) is 41.1 Å². The van der Waals surface area contributed by atoms with E-state index in [2.05, 4.69) is 14.4 Å². The lowest BCUT2D eigenvalue weighted by molar-refractivity contribution is -0.153. The summed E-state index contributed by atoms with van der Waals surface area (Å²) in [7, 11) is 1.67. The Balaban J connectivity index is 1.99. The lowest BCUT2D eigenvalue weighted by Crippen LogP contribution is -2.19. The highest BCUT2D eigenvalue weighted by Crippen LogP contribution is 2.25. The van der Waals surface area contributed by atoms with Gasteiger partial charge in [-0.1, -0.05) is 12.1 Å². The highest BCUT2D eigenvalue weighted by atomic mass is 32.1. The van der Waals surface area contributed by atoms with E-state index < -0.39 is 18.8 Å². The molecule has 0 radical (unpaired) electrons. The number of nitrogens with zero attached hydrogens (tertiary/aromatic N) is 1. The fourth-order valence-corrected chi connectivity index (χ4v) is 2.63. The van der Waals surface area contributed by atoms with Crippen LogP contribution < -0.4 is 10.1 Å². The molecule has 24 heavy (non-hydrogen) atoms. The molecule has 0 aliphatic carbocycles. The van der Waals surface area contributed by atoms with Crippen LogP contribution in [0.3, 0.4) is 0 Å². The van der Waals surface area contributed by atoms with Gasteiger partial charge in [-0.2, -0.15) is 17.5 Å². The van der Waals surface area contributed by atoms with Crippen molar-refractivity contribution >= 4 is 22.5 Å². The van der Waals surface area contributed by atoms with Crippen molar-refractivity contribution in [2.75, 3.05) is 19.0 Å². The molecule has 0 fully saturated rings. The van der Waals surface area contributed by atoms with Gasteiger partial charge in [0.1, 0.15) is 22.9 Å². The monoisotopic (exact) mass is 360 g/mol. The van der Waals surface area contributed by atoms with E-state index in [1.807, 2.05) is 0 Å². The molecule has 0 aliphatic heterocycles. The van der Waals surface area contributed by atoms with Gasteiger partial charge in [-0.3, -0.25) is 0 Å². The molecule has 1 aromatic heterocycles. The molecule has 0 bridgehead atoms. The number of benzene rings is 1. The zero-order chi connectivity index (χ0) is 17.7. The van der Waals surface area contributed by atoms with Crippen LogP contribution in [-0.4, -0.2) is 30.2 Å². The third-order valence-electron chi connectivity index (χ3n) is 2.96. The number of anilines is 1. The fourth-order valence-electron chi connectivity index (χ4n) is 1.89. The number of esters is 1. The summed E-state index contributed by atoms with van der Waals surface area (Å²) < 4.78 is 50.4. The first-order chi connectivity index (χ1) is 11.3. The van der Waals surface area contributed by atoms with Crippen molar-refractivity contribution in [3.63, 3.8) is 0 Å². The highest BCUT2D eigenvalue weighted by molar-refractivity contribution is 7.10. The van der Waals surface area contributed by atoms with Crippen LogP contribution in [0, 0.1) is 6.92 Å². The number of halogens is 3. The molecule has 130 valence electrons. The van der Waals surface area contributed by atoms with Crippen LogP contribution in [0.15, 0.2) is 24.3 Å². The van der Waals surface area contributed by atoms with Gasteiger partial charge in [-0.25, -0.2) is 4.79 Å². The molecular weight excluding hydrogens is 345 g/mol. The van der Waals surface area contributed by atoms with E-state index in [1.165, 1.54) is 18.2 Å². The molecular formula is C15H15F3N2O3S. The molecule has 0 saturated carbocycles. The van der Waals surface area contributed by atoms with Crippen molar-refractivity contribution in [3.8, 4) is 5.75 Å². The second-order valence-electron chi connectivity index (χ2n) is 4.85. The van der Waals surface area contributed by atoms with Crippen LogP contribution in [0.2, 0.25) is 0 Å². The fraction of sp³-hybridized carbons (Fsp3) is 0.333. The molecule has 0 spiro atoms. The molecule has 0 saturated heterocycles. The Morgan fingerprint density at radius 2 is 2.12 bits per heavy atom. The third-order valence-corrected chi connectivity index (χ3v) is 3.92. The molecule has 1 N–H and O–H groups in total. The number of aryl methyl sites for hydroxylation is 1. The Kier molecular flexibility index (Phi) is 5.66. The van der Waals surface area contributed by atoms with Crippen molar-refractivity contribution in [2.24, 2.45) is 0 Å². The number of aromatic nitrogens is 1. The van der Waals surface area contributed by atoms with Crippen LogP contribution in [0.4, 0.5) is 18.2 Å². The first-order valence-corrected chi connectivity index (χ1v) is 7.67. The van der Waals surface area contributed by atoms with E-state index in [-0.39, 0.29) is 12.4 Å². The minimum absolute atomic E-state index is 0.0603. The van der Waals surface area contributed by atoms with Crippen LogP contribution in [0.25, 0.3) is 0 Å². The van der Waals surface area contributed by atoms with Gasteiger partial charge in [0.05, 0.1) is 5.69 Å². The molecule has 0 aliphatic rings. The molecule has 0 unspecified atom stereocenters. The Morgan fingerprint density at radius 3 is 2.79 bits per heavy atom. The number of ether oxygens (including phenoxy) is 2. The number of alkyl halides is 3. The maximum absolute atomic E-state index is 12.2. The van der Waals surface area contributed by atoms with Gasteiger partial charge in [-0.05, 0) is 36.2 Å². The summed E-state index contributed by atoms with van der Waals surface area (Å²) >= 11 is 1.15. The van der Waals surface area contributed by atoms with E-state index in [0.29, 0.717) is 21.8 Å². The van der Waals surface area contributed by atoms with Crippen LogP contribution >= 0.6 is 11.5 Å². The summed E-state index contributed by atoms with van der Waals surface area (Å²) in [5.74, 6) is -0.489. The topological polar surface area (TPSA) is 60.5 Å². The molecule has 2 rings (SSSR count). The van der Waals surface area contributed by atoms with Crippen molar-refractivity contribution in [2.45, 2.75) is 19.7 Å². The Hall–Kier alpha value is -2.29. The van der Waals surface area contributed by atoms with E-state index in [9.17, 15) is 18.0 Å². The number of carbonyl (C=O) groups excluding carboxylic acids is 1. The maximum atomic E-state index is 12.2. The molecule has 1 heterocycles. The number of hydrogen-bond donors (Lipinski definition) is 1. The molecule has 0 atom stereocenters. The number of nitrogens with one attached hydrogen (secondary N) is 1. The summed E-state index contributed by atoms with van der Waals surface area (Å²) in [5.41, 5.74) is 1.43. The van der Waals surface area contributed by atoms with Gasteiger partial charge in [0.2, 0.25) is 0 Å². The first-order valence-electron chi connectivity index (χ1n) is 6.90. The van der Waals surface area contributed by atoms with Crippen LogP contribution in [0.1, 0.15) is 21.6 Å². The Labute approximate surface area is 140 Å². The molecule has 1 aromatic carbocycles. The molecule has 0 amide bonds. The second-order valence-corrected chi connectivity index (χ2v) is 5.62. The lowest BCUT2D eigenvalue weighted by atomic mass is 10.2. The van der Waals surface area contributed by atoms with Gasteiger partial charge >= 0.3 is 12.1 Å². The minimum atomic E-state index is -4.41. The molecule has 5 nitrogen and oxygen atoms in total. The number of rotatable bonds is 6. The maximum Gasteiger partial charge on any atom is 0.422 e. The Morgan fingerprint density at radius 1 is 1.38 bits per heavy atom. The Bertz CT molecular complexity index is 716.